The number of rotatable bonds is 4. The molecule has 7 nitrogen and oxygen atoms in total. The molecular formula is C14H24N4O3. The Hall–Kier alpha value is -1.63. The predicted molar refractivity (Wildman–Crippen MR) is 77.3 cm³/mol. The van der Waals surface area contributed by atoms with Crippen LogP contribution in [0.4, 0.5) is 4.79 Å². The van der Waals surface area contributed by atoms with Crippen molar-refractivity contribution in [3.8, 4) is 0 Å². The molecule has 118 valence electrons. The van der Waals surface area contributed by atoms with Crippen LogP contribution >= 0.6 is 0 Å². The third-order valence-electron chi connectivity index (χ3n) is 4.31. The van der Waals surface area contributed by atoms with Crippen molar-refractivity contribution in [2.45, 2.75) is 51.1 Å². The number of amides is 4. The Kier molecular flexibility index (Phi) is 4.51. The molecule has 0 radical (unpaired) electrons. The second-order valence-corrected chi connectivity index (χ2v) is 6.19. The quantitative estimate of drug-likeness (QED) is 0.633. The van der Waals surface area contributed by atoms with Crippen molar-refractivity contribution in [3.05, 3.63) is 0 Å². The van der Waals surface area contributed by atoms with Crippen molar-refractivity contribution < 1.29 is 14.4 Å². The van der Waals surface area contributed by atoms with Gasteiger partial charge in [-0.2, -0.15) is 0 Å². The molecule has 1 saturated carbocycles. The minimum absolute atomic E-state index is 0.0290. The number of carbonyl (C=O) groups excluding carboxylic acids is 3. The van der Waals surface area contributed by atoms with E-state index >= 15 is 0 Å². The summed E-state index contributed by atoms with van der Waals surface area (Å²) < 4.78 is 0. The van der Waals surface area contributed by atoms with Crippen molar-refractivity contribution in [2.24, 2.45) is 11.7 Å². The van der Waals surface area contributed by atoms with Gasteiger partial charge in [-0.25, -0.2) is 4.79 Å². The summed E-state index contributed by atoms with van der Waals surface area (Å²) in [6.45, 7) is 3.79. The van der Waals surface area contributed by atoms with Crippen molar-refractivity contribution in [1.29, 1.82) is 0 Å². The zero-order valence-electron chi connectivity index (χ0n) is 12.6. The highest BCUT2D eigenvalue weighted by Crippen LogP contribution is 2.37. The van der Waals surface area contributed by atoms with Gasteiger partial charge in [0.1, 0.15) is 12.1 Å². The van der Waals surface area contributed by atoms with Crippen LogP contribution in [0.3, 0.4) is 0 Å². The number of imide groups is 1. The number of nitrogens with one attached hydrogen (secondary N) is 2. The molecule has 2 unspecified atom stereocenters. The molecule has 0 aromatic heterocycles. The van der Waals surface area contributed by atoms with Crippen molar-refractivity contribution in [3.63, 3.8) is 0 Å². The topological polar surface area (TPSA) is 105 Å². The second kappa shape index (κ2) is 6.01. The van der Waals surface area contributed by atoms with Crippen LogP contribution < -0.4 is 16.4 Å². The largest absolute Gasteiger partial charge is 0.352 e. The molecule has 21 heavy (non-hydrogen) atoms. The lowest BCUT2D eigenvalue weighted by Gasteiger charge is -2.38. The van der Waals surface area contributed by atoms with Gasteiger partial charge >= 0.3 is 6.03 Å². The molecule has 0 aromatic carbocycles. The van der Waals surface area contributed by atoms with Crippen LogP contribution in [0.1, 0.15) is 39.5 Å². The Balaban J connectivity index is 2.14. The zero-order chi connectivity index (χ0) is 15.6. The fourth-order valence-electron chi connectivity index (χ4n) is 3.31. The van der Waals surface area contributed by atoms with Crippen molar-refractivity contribution >= 4 is 17.8 Å². The van der Waals surface area contributed by atoms with Gasteiger partial charge in [0.15, 0.2) is 0 Å². The Bertz CT molecular complexity index is 452. The van der Waals surface area contributed by atoms with E-state index < -0.39 is 11.6 Å². The maximum absolute atomic E-state index is 12.7. The maximum atomic E-state index is 12.7. The first kappa shape index (κ1) is 15.8. The molecule has 0 bridgehead atoms. The van der Waals surface area contributed by atoms with Gasteiger partial charge in [-0.3, -0.25) is 14.5 Å². The van der Waals surface area contributed by atoms with E-state index in [0.29, 0.717) is 13.0 Å². The highest BCUT2D eigenvalue weighted by atomic mass is 16.2. The summed E-state index contributed by atoms with van der Waals surface area (Å²) in [5, 5.41) is 5.50. The molecule has 2 rings (SSSR count). The molecule has 7 heteroatoms. The summed E-state index contributed by atoms with van der Waals surface area (Å²) in [5.41, 5.74) is 4.88. The van der Waals surface area contributed by atoms with Gasteiger partial charge in [-0.1, -0.05) is 12.8 Å². The third kappa shape index (κ3) is 2.88. The lowest BCUT2D eigenvalue weighted by molar-refractivity contribution is -0.137. The predicted octanol–water partition coefficient (Wildman–Crippen LogP) is -0.0495. The van der Waals surface area contributed by atoms with Gasteiger partial charge < -0.3 is 16.4 Å². The minimum atomic E-state index is -0.901. The summed E-state index contributed by atoms with van der Waals surface area (Å²) in [7, 11) is 0. The van der Waals surface area contributed by atoms with Gasteiger partial charge in [-0.05, 0) is 33.2 Å². The average Bonchev–Trinajstić information content (AvgIpc) is 2.64. The molecule has 2 atom stereocenters. The zero-order valence-corrected chi connectivity index (χ0v) is 12.6. The Morgan fingerprint density at radius 1 is 1.48 bits per heavy atom. The van der Waals surface area contributed by atoms with Crippen molar-refractivity contribution in [1.82, 2.24) is 15.5 Å². The van der Waals surface area contributed by atoms with Crippen LogP contribution in [-0.4, -0.2) is 47.4 Å². The lowest BCUT2D eigenvalue weighted by Crippen LogP contribution is -2.57. The molecule has 1 aliphatic heterocycles. The molecule has 1 heterocycles. The summed E-state index contributed by atoms with van der Waals surface area (Å²) in [4.78, 5) is 37.6. The van der Waals surface area contributed by atoms with E-state index in [1.165, 1.54) is 0 Å². The number of hydrogen-bond donors (Lipinski definition) is 3. The molecule has 1 saturated heterocycles. The van der Waals surface area contributed by atoms with Gasteiger partial charge in [0, 0.05) is 12.0 Å². The maximum Gasteiger partial charge on any atom is 0.325 e. The Morgan fingerprint density at radius 2 is 2.19 bits per heavy atom. The molecular weight excluding hydrogens is 272 g/mol. The van der Waals surface area contributed by atoms with E-state index in [4.69, 9.17) is 5.73 Å². The lowest BCUT2D eigenvalue weighted by atomic mass is 9.72. The molecule has 2 fully saturated rings. The highest BCUT2D eigenvalue weighted by molar-refractivity contribution is 6.09. The summed E-state index contributed by atoms with van der Waals surface area (Å²) in [6, 6.07) is -0.516. The average molecular weight is 296 g/mol. The Labute approximate surface area is 124 Å². The summed E-state index contributed by atoms with van der Waals surface area (Å²) in [6.07, 6.45) is 3.32. The molecule has 4 amide bonds. The number of nitrogens with zero attached hydrogens (tertiary/aromatic N) is 1. The van der Waals surface area contributed by atoms with Crippen LogP contribution in [0.25, 0.3) is 0 Å². The molecule has 1 aliphatic carbocycles. The fraction of sp³-hybridized carbons (Fsp3) is 0.786. The van der Waals surface area contributed by atoms with E-state index in [1.807, 2.05) is 13.8 Å². The first-order chi connectivity index (χ1) is 9.90. The van der Waals surface area contributed by atoms with Gasteiger partial charge in [0.2, 0.25) is 5.91 Å². The van der Waals surface area contributed by atoms with E-state index in [0.717, 1.165) is 24.2 Å². The second-order valence-electron chi connectivity index (χ2n) is 6.19. The summed E-state index contributed by atoms with van der Waals surface area (Å²) in [5.74, 6) is -0.687. The van der Waals surface area contributed by atoms with Crippen LogP contribution in [0.5, 0.6) is 0 Å². The van der Waals surface area contributed by atoms with E-state index in [2.05, 4.69) is 10.6 Å². The fourth-order valence-corrected chi connectivity index (χ4v) is 3.31. The first-order valence-electron chi connectivity index (χ1n) is 7.54. The van der Waals surface area contributed by atoms with Crippen LogP contribution in [0, 0.1) is 5.92 Å². The van der Waals surface area contributed by atoms with E-state index in [9.17, 15) is 14.4 Å². The standard InChI is InChI=1S/C14H24N4O3/c1-9(2)16-11(19)8-18-12(20)14(17-13(18)21)6-4-3-5-10(14)7-15/h9-10H,3-8,15H2,1-2H3,(H,16,19)(H,17,21). The first-order valence-corrected chi connectivity index (χ1v) is 7.54. The van der Waals surface area contributed by atoms with Gasteiger partial charge in [-0.15, -0.1) is 0 Å². The third-order valence-corrected chi connectivity index (χ3v) is 4.31. The molecule has 4 N–H and O–H groups in total. The molecule has 1 spiro atoms. The Morgan fingerprint density at radius 3 is 2.81 bits per heavy atom. The monoisotopic (exact) mass is 296 g/mol. The SMILES string of the molecule is CC(C)NC(=O)CN1C(=O)NC2(CCCCC2CN)C1=O. The van der Waals surface area contributed by atoms with Crippen LogP contribution in [-0.2, 0) is 9.59 Å². The molecule has 0 aromatic rings. The van der Waals surface area contributed by atoms with Gasteiger partial charge in [0.25, 0.3) is 5.91 Å². The normalized spacial score (nSPS) is 29.1. The number of carbonyl (C=O) groups is 3. The van der Waals surface area contributed by atoms with Crippen molar-refractivity contribution in [2.75, 3.05) is 13.1 Å². The van der Waals surface area contributed by atoms with Crippen LogP contribution in [0.15, 0.2) is 0 Å². The number of urea groups is 1. The van der Waals surface area contributed by atoms with E-state index in [-0.39, 0.29) is 30.3 Å². The highest BCUT2D eigenvalue weighted by Gasteiger charge is 2.56. The smallest absolute Gasteiger partial charge is 0.325 e. The van der Waals surface area contributed by atoms with Gasteiger partial charge in [0.05, 0.1) is 0 Å². The number of nitrogens with two attached hydrogens (primary N) is 1. The van der Waals surface area contributed by atoms with E-state index in [1.54, 1.807) is 0 Å². The molecule has 2 aliphatic rings. The summed E-state index contributed by atoms with van der Waals surface area (Å²) >= 11 is 0. The minimum Gasteiger partial charge on any atom is -0.352 e. The number of hydrogen-bond acceptors (Lipinski definition) is 4. The van der Waals surface area contributed by atoms with Crippen LogP contribution in [0.2, 0.25) is 0 Å².